The highest BCUT2D eigenvalue weighted by Crippen LogP contribution is 2.37. The van der Waals surface area contributed by atoms with Crippen molar-refractivity contribution in [2.45, 2.75) is 24.5 Å². The van der Waals surface area contributed by atoms with Crippen LogP contribution in [0.2, 0.25) is 0 Å². The van der Waals surface area contributed by atoms with E-state index in [0.717, 1.165) is 0 Å². The predicted octanol–water partition coefficient (Wildman–Crippen LogP) is -1.51. The van der Waals surface area contributed by atoms with Crippen molar-refractivity contribution in [1.82, 2.24) is 0 Å². The Morgan fingerprint density at radius 1 is 1.39 bits per heavy atom. The monoisotopic (exact) mass is 350 g/mol. The van der Waals surface area contributed by atoms with E-state index in [1.807, 2.05) is 0 Å². The molecule has 10 nitrogen and oxygen atoms in total. The second-order valence-corrected chi connectivity index (χ2v) is 6.10. The number of phosphoric acid groups is 1. The van der Waals surface area contributed by atoms with Gasteiger partial charge in [0.1, 0.15) is 17.8 Å². The average Bonchev–Trinajstić information content (AvgIpc) is 2.79. The third kappa shape index (κ3) is 4.33. The molecule has 0 radical (unpaired) electrons. The lowest BCUT2D eigenvalue weighted by Gasteiger charge is -2.13. The Balaban J connectivity index is 2.14. The van der Waals surface area contributed by atoms with Crippen LogP contribution in [0.25, 0.3) is 0 Å². The zero-order valence-corrected chi connectivity index (χ0v) is 12.9. The van der Waals surface area contributed by atoms with Crippen molar-refractivity contribution in [3.63, 3.8) is 0 Å². The van der Waals surface area contributed by atoms with E-state index in [4.69, 9.17) is 14.5 Å². The molecule has 23 heavy (non-hydrogen) atoms. The fourth-order valence-corrected chi connectivity index (χ4v) is 2.51. The molecule has 2 rings (SSSR count). The fraction of sp³-hybridized carbons (Fsp3) is 0.500. The molecular formula is C12H17NO9P+. The van der Waals surface area contributed by atoms with Crippen molar-refractivity contribution in [3.8, 4) is 0 Å². The number of phosphoric ester groups is 1. The maximum atomic E-state index is 11.5. The SMILES string of the molecule is COC(=O)c1ccc[n+]([C@@H]2O[C@H](COP(=O)(O)O)C(O)[C@@H]2O)c1. The number of aliphatic hydroxyl groups is 2. The molecule has 0 bridgehead atoms. The summed E-state index contributed by atoms with van der Waals surface area (Å²) in [5.41, 5.74) is 0.204. The van der Waals surface area contributed by atoms with Gasteiger partial charge in [-0.3, -0.25) is 4.52 Å². The highest BCUT2D eigenvalue weighted by molar-refractivity contribution is 7.46. The standard InChI is InChI=1S/C12H16NO9P/c1-20-12(16)7-3-2-4-13(5-7)11-10(15)9(14)8(22-11)6-21-23(17,18)19/h2-5,8-11,14-15H,6H2,1H3,(H-,17,18,19)/p+1/t8-,9?,10+,11-/m1/s1. The second-order valence-electron chi connectivity index (χ2n) is 4.86. The van der Waals surface area contributed by atoms with Crippen molar-refractivity contribution in [3.05, 3.63) is 30.1 Å². The van der Waals surface area contributed by atoms with Gasteiger partial charge >= 0.3 is 13.8 Å². The molecule has 11 heteroatoms. The molecule has 1 aliphatic heterocycles. The molecule has 2 heterocycles. The number of methoxy groups -OCH3 is 1. The third-order valence-corrected chi connectivity index (χ3v) is 3.77. The van der Waals surface area contributed by atoms with E-state index in [1.165, 1.54) is 36.2 Å². The summed E-state index contributed by atoms with van der Waals surface area (Å²) in [6.07, 6.45) is -2.13. The molecular weight excluding hydrogens is 333 g/mol. The van der Waals surface area contributed by atoms with Crippen molar-refractivity contribution in [2.24, 2.45) is 0 Å². The van der Waals surface area contributed by atoms with E-state index in [2.05, 4.69) is 9.26 Å². The summed E-state index contributed by atoms with van der Waals surface area (Å²) in [6.45, 7) is -0.601. The Labute approximate surface area is 131 Å². The van der Waals surface area contributed by atoms with Crippen LogP contribution in [-0.2, 0) is 18.6 Å². The molecule has 0 aliphatic carbocycles. The van der Waals surface area contributed by atoms with Gasteiger partial charge < -0.3 is 29.5 Å². The Hall–Kier alpha value is -1.39. The summed E-state index contributed by atoms with van der Waals surface area (Å²) < 4.78 is 26.3. The van der Waals surface area contributed by atoms with Crippen LogP contribution in [-0.4, -0.2) is 58.0 Å². The molecule has 4 N–H and O–H groups in total. The number of pyridine rings is 1. The summed E-state index contributed by atoms with van der Waals surface area (Å²) in [6, 6.07) is 3.02. The largest absolute Gasteiger partial charge is 0.469 e. The van der Waals surface area contributed by atoms with Crippen LogP contribution in [0.15, 0.2) is 24.5 Å². The van der Waals surface area contributed by atoms with E-state index in [1.54, 1.807) is 0 Å². The smallest absolute Gasteiger partial charge is 0.465 e. The van der Waals surface area contributed by atoms with Gasteiger partial charge in [-0.25, -0.2) is 9.36 Å². The lowest BCUT2D eigenvalue weighted by molar-refractivity contribution is -0.765. The van der Waals surface area contributed by atoms with E-state index in [9.17, 15) is 19.6 Å². The number of aromatic nitrogens is 1. The minimum Gasteiger partial charge on any atom is -0.465 e. The quantitative estimate of drug-likeness (QED) is 0.283. The first-order chi connectivity index (χ1) is 10.7. The van der Waals surface area contributed by atoms with E-state index < -0.39 is 44.9 Å². The van der Waals surface area contributed by atoms with Crippen LogP contribution in [0, 0.1) is 0 Å². The summed E-state index contributed by atoms with van der Waals surface area (Å²) in [5, 5.41) is 19.9. The summed E-state index contributed by atoms with van der Waals surface area (Å²) in [5.74, 6) is -0.589. The van der Waals surface area contributed by atoms with Crippen LogP contribution in [0.1, 0.15) is 16.6 Å². The van der Waals surface area contributed by atoms with Gasteiger partial charge in [0.15, 0.2) is 18.5 Å². The molecule has 1 fully saturated rings. The first-order valence-electron chi connectivity index (χ1n) is 6.53. The van der Waals surface area contributed by atoms with Gasteiger partial charge in [0, 0.05) is 6.07 Å². The first-order valence-corrected chi connectivity index (χ1v) is 8.07. The molecule has 0 aromatic carbocycles. The molecule has 128 valence electrons. The number of aliphatic hydroxyl groups excluding tert-OH is 2. The van der Waals surface area contributed by atoms with Gasteiger partial charge in [-0.2, -0.15) is 4.57 Å². The maximum Gasteiger partial charge on any atom is 0.469 e. The summed E-state index contributed by atoms with van der Waals surface area (Å²) in [4.78, 5) is 28.8. The Morgan fingerprint density at radius 2 is 2.09 bits per heavy atom. The molecule has 1 aromatic heterocycles. The van der Waals surface area contributed by atoms with Gasteiger partial charge in [0.2, 0.25) is 0 Å². The van der Waals surface area contributed by atoms with Crippen molar-refractivity contribution >= 4 is 13.8 Å². The van der Waals surface area contributed by atoms with Crippen molar-refractivity contribution in [1.29, 1.82) is 0 Å². The Bertz CT molecular complexity index is 618. The Morgan fingerprint density at radius 3 is 2.70 bits per heavy atom. The fourth-order valence-electron chi connectivity index (χ4n) is 2.17. The highest BCUT2D eigenvalue weighted by Gasteiger charge is 2.48. The first kappa shape index (κ1) is 18.0. The zero-order chi connectivity index (χ0) is 17.2. The number of carbonyl (C=O) groups excluding carboxylic acids is 1. The number of hydrogen-bond acceptors (Lipinski definition) is 7. The van der Waals surface area contributed by atoms with Gasteiger partial charge in [-0.05, 0) is 6.07 Å². The lowest BCUT2D eigenvalue weighted by atomic mass is 10.1. The molecule has 1 saturated heterocycles. The third-order valence-electron chi connectivity index (χ3n) is 3.28. The molecule has 1 unspecified atom stereocenters. The number of carbonyl (C=O) groups is 1. The Kier molecular flexibility index (Phi) is 5.48. The van der Waals surface area contributed by atoms with Crippen LogP contribution in [0.5, 0.6) is 0 Å². The van der Waals surface area contributed by atoms with Crippen LogP contribution in [0.4, 0.5) is 0 Å². The molecule has 4 atom stereocenters. The number of nitrogens with zero attached hydrogens (tertiary/aromatic N) is 1. The number of rotatable bonds is 5. The molecule has 1 aromatic rings. The van der Waals surface area contributed by atoms with Crippen molar-refractivity contribution in [2.75, 3.05) is 13.7 Å². The highest BCUT2D eigenvalue weighted by atomic mass is 31.2. The van der Waals surface area contributed by atoms with E-state index >= 15 is 0 Å². The number of ether oxygens (including phenoxy) is 2. The van der Waals surface area contributed by atoms with Crippen LogP contribution in [0.3, 0.4) is 0 Å². The van der Waals surface area contributed by atoms with E-state index in [0.29, 0.717) is 0 Å². The average molecular weight is 350 g/mol. The lowest BCUT2D eigenvalue weighted by Crippen LogP contribution is -2.46. The summed E-state index contributed by atoms with van der Waals surface area (Å²) in [7, 11) is -3.50. The van der Waals surface area contributed by atoms with Crippen LogP contribution >= 0.6 is 7.82 Å². The maximum absolute atomic E-state index is 11.5. The van der Waals surface area contributed by atoms with Crippen molar-refractivity contribution < 1.29 is 47.9 Å². The minimum atomic E-state index is -4.72. The predicted molar refractivity (Wildman–Crippen MR) is 71.9 cm³/mol. The van der Waals surface area contributed by atoms with Gasteiger partial charge in [0.25, 0.3) is 6.23 Å². The van der Waals surface area contributed by atoms with Gasteiger partial charge in [-0.1, -0.05) is 0 Å². The molecule has 0 spiro atoms. The topological polar surface area (TPSA) is 147 Å². The van der Waals surface area contributed by atoms with Gasteiger partial charge in [-0.15, -0.1) is 0 Å². The minimum absolute atomic E-state index is 0.204. The molecule has 1 aliphatic rings. The number of hydrogen-bond donors (Lipinski definition) is 4. The molecule has 0 amide bonds. The van der Waals surface area contributed by atoms with E-state index in [-0.39, 0.29) is 5.56 Å². The molecule has 0 saturated carbocycles. The van der Waals surface area contributed by atoms with Gasteiger partial charge in [0.05, 0.1) is 13.7 Å². The normalized spacial score (nSPS) is 27.9. The van der Waals surface area contributed by atoms with Crippen LogP contribution < -0.4 is 4.57 Å². The second kappa shape index (κ2) is 7.02. The summed E-state index contributed by atoms with van der Waals surface area (Å²) >= 11 is 0. The zero-order valence-electron chi connectivity index (χ0n) is 12.1. The number of esters is 1.